The maximum absolute atomic E-state index is 5.58. The molecule has 1 aromatic heterocycles. The standard InChI is InChI=1S/C14H19N3O2/c1-15-10-5-8-13-16-17-14(19-13)9-11-18-12-6-3-2-4-7-12/h2-4,6-7,15H,5,8-11H2,1H3. The van der Waals surface area contributed by atoms with Gasteiger partial charge in [-0.2, -0.15) is 0 Å². The summed E-state index contributed by atoms with van der Waals surface area (Å²) in [7, 11) is 1.93. The van der Waals surface area contributed by atoms with Crippen molar-refractivity contribution in [2.24, 2.45) is 0 Å². The second-order valence-electron chi connectivity index (χ2n) is 4.21. The van der Waals surface area contributed by atoms with Crippen molar-refractivity contribution in [1.82, 2.24) is 15.5 Å². The highest BCUT2D eigenvalue weighted by molar-refractivity contribution is 5.20. The number of aryl methyl sites for hydroxylation is 1. The van der Waals surface area contributed by atoms with Crippen molar-refractivity contribution >= 4 is 0 Å². The fourth-order valence-electron chi connectivity index (χ4n) is 1.68. The molecule has 0 aliphatic carbocycles. The van der Waals surface area contributed by atoms with E-state index in [9.17, 15) is 0 Å². The van der Waals surface area contributed by atoms with E-state index < -0.39 is 0 Å². The number of rotatable bonds is 8. The van der Waals surface area contributed by atoms with Crippen molar-refractivity contribution in [3.8, 4) is 5.75 Å². The van der Waals surface area contributed by atoms with Crippen LogP contribution in [0.3, 0.4) is 0 Å². The Hall–Kier alpha value is -1.88. The molecule has 0 unspecified atom stereocenters. The molecule has 1 heterocycles. The van der Waals surface area contributed by atoms with Gasteiger partial charge >= 0.3 is 0 Å². The summed E-state index contributed by atoms with van der Waals surface area (Å²) in [6, 6.07) is 9.71. The highest BCUT2D eigenvalue weighted by Gasteiger charge is 2.05. The van der Waals surface area contributed by atoms with Crippen LogP contribution < -0.4 is 10.1 Å². The van der Waals surface area contributed by atoms with Gasteiger partial charge in [0.15, 0.2) is 0 Å². The predicted octanol–water partition coefficient (Wildman–Crippen LogP) is 1.84. The Morgan fingerprint density at radius 2 is 1.84 bits per heavy atom. The quantitative estimate of drug-likeness (QED) is 0.735. The topological polar surface area (TPSA) is 60.2 Å². The normalized spacial score (nSPS) is 10.6. The molecule has 2 rings (SSSR count). The largest absolute Gasteiger partial charge is 0.493 e. The molecular weight excluding hydrogens is 242 g/mol. The summed E-state index contributed by atoms with van der Waals surface area (Å²) < 4.78 is 11.1. The van der Waals surface area contributed by atoms with Crippen LogP contribution in [0.15, 0.2) is 34.7 Å². The summed E-state index contributed by atoms with van der Waals surface area (Å²) in [6.07, 6.45) is 2.44. The lowest BCUT2D eigenvalue weighted by Gasteiger charge is -2.02. The molecule has 102 valence electrons. The fraction of sp³-hybridized carbons (Fsp3) is 0.429. The van der Waals surface area contributed by atoms with Crippen LogP contribution in [-0.4, -0.2) is 30.4 Å². The molecule has 0 amide bonds. The Balaban J connectivity index is 1.71. The van der Waals surface area contributed by atoms with E-state index in [-0.39, 0.29) is 0 Å². The summed E-state index contributed by atoms with van der Waals surface area (Å²) in [5.74, 6) is 2.19. The van der Waals surface area contributed by atoms with Crippen molar-refractivity contribution in [2.45, 2.75) is 19.3 Å². The summed E-state index contributed by atoms with van der Waals surface area (Å²) >= 11 is 0. The average molecular weight is 261 g/mol. The fourth-order valence-corrected chi connectivity index (χ4v) is 1.68. The number of aromatic nitrogens is 2. The molecule has 0 atom stereocenters. The van der Waals surface area contributed by atoms with Crippen LogP contribution in [-0.2, 0) is 12.8 Å². The zero-order valence-electron chi connectivity index (χ0n) is 11.1. The molecule has 0 aliphatic heterocycles. The van der Waals surface area contributed by atoms with Crippen LogP contribution in [0.2, 0.25) is 0 Å². The summed E-state index contributed by atoms with van der Waals surface area (Å²) in [5, 5.41) is 11.1. The second-order valence-corrected chi connectivity index (χ2v) is 4.21. The SMILES string of the molecule is CNCCCc1nnc(CCOc2ccccc2)o1. The minimum absolute atomic E-state index is 0.544. The molecule has 1 N–H and O–H groups in total. The maximum Gasteiger partial charge on any atom is 0.219 e. The van der Waals surface area contributed by atoms with Gasteiger partial charge in [-0.05, 0) is 32.1 Å². The number of nitrogens with one attached hydrogen (secondary N) is 1. The van der Waals surface area contributed by atoms with Gasteiger partial charge in [0.05, 0.1) is 13.0 Å². The zero-order chi connectivity index (χ0) is 13.3. The van der Waals surface area contributed by atoms with Crippen LogP contribution >= 0.6 is 0 Å². The van der Waals surface area contributed by atoms with E-state index in [4.69, 9.17) is 9.15 Å². The summed E-state index contributed by atoms with van der Waals surface area (Å²) in [5.41, 5.74) is 0. The van der Waals surface area contributed by atoms with Crippen LogP contribution in [0.25, 0.3) is 0 Å². The third kappa shape index (κ3) is 4.71. The van der Waals surface area contributed by atoms with Crippen molar-refractivity contribution in [1.29, 1.82) is 0 Å². The van der Waals surface area contributed by atoms with Gasteiger partial charge in [0.25, 0.3) is 0 Å². The number of ether oxygens (including phenoxy) is 1. The van der Waals surface area contributed by atoms with E-state index in [2.05, 4.69) is 15.5 Å². The molecule has 0 saturated carbocycles. The minimum atomic E-state index is 0.544. The van der Waals surface area contributed by atoms with E-state index >= 15 is 0 Å². The van der Waals surface area contributed by atoms with Gasteiger partial charge < -0.3 is 14.5 Å². The van der Waals surface area contributed by atoms with Crippen molar-refractivity contribution in [3.05, 3.63) is 42.1 Å². The number of benzene rings is 1. The molecule has 0 radical (unpaired) electrons. The Morgan fingerprint density at radius 3 is 2.58 bits per heavy atom. The Bertz CT molecular complexity index is 471. The van der Waals surface area contributed by atoms with E-state index in [1.54, 1.807) is 0 Å². The van der Waals surface area contributed by atoms with E-state index in [0.717, 1.165) is 25.1 Å². The van der Waals surface area contributed by atoms with E-state index in [1.165, 1.54) is 0 Å². The first-order valence-corrected chi connectivity index (χ1v) is 6.52. The molecule has 0 aliphatic rings. The first kappa shape index (κ1) is 13.5. The lowest BCUT2D eigenvalue weighted by atomic mass is 10.3. The molecule has 5 heteroatoms. The third-order valence-corrected chi connectivity index (χ3v) is 2.65. The van der Waals surface area contributed by atoms with Gasteiger partial charge in [-0.15, -0.1) is 10.2 Å². The van der Waals surface area contributed by atoms with Crippen LogP contribution in [0.5, 0.6) is 5.75 Å². The van der Waals surface area contributed by atoms with Crippen molar-refractivity contribution in [3.63, 3.8) is 0 Å². The van der Waals surface area contributed by atoms with Crippen LogP contribution in [0.4, 0.5) is 0 Å². The molecule has 0 spiro atoms. The molecular formula is C14H19N3O2. The summed E-state index contributed by atoms with van der Waals surface area (Å²) in [4.78, 5) is 0. The van der Waals surface area contributed by atoms with Crippen LogP contribution in [0, 0.1) is 0 Å². The molecule has 0 saturated heterocycles. The lowest BCUT2D eigenvalue weighted by Crippen LogP contribution is -2.08. The van der Waals surface area contributed by atoms with Gasteiger partial charge in [0.1, 0.15) is 5.75 Å². The number of para-hydroxylation sites is 1. The van der Waals surface area contributed by atoms with E-state index in [1.807, 2.05) is 37.4 Å². The van der Waals surface area contributed by atoms with Crippen molar-refractivity contribution in [2.75, 3.05) is 20.2 Å². The molecule has 1 aromatic carbocycles. The highest BCUT2D eigenvalue weighted by atomic mass is 16.5. The van der Waals surface area contributed by atoms with Gasteiger partial charge in [0.2, 0.25) is 11.8 Å². The van der Waals surface area contributed by atoms with Gasteiger partial charge in [-0.25, -0.2) is 0 Å². The van der Waals surface area contributed by atoms with Crippen LogP contribution in [0.1, 0.15) is 18.2 Å². The zero-order valence-corrected chi connectivity index (χ0v) is 11.1. The Labute approximate surface area is 113 Å². The lowest BCUT2D eigenvalue weighted by molar-refractivity contribution is 0.303. The number of hydrogen-bond donors (Lipinski definition) is 1. The van der Waals surface area contributed by atoms with Gasteiger partial charge in [0, 0.05) is 6.42 Å². The van der Waals surface area contributed by atoms with Crippen molar-refractivity contribution < 1.29 is 9.15 Å². The van der Waals surface area contributed by atoms with Gasteiger partial charge in [-0.3, -0.25) is 0 Å². The third-order valence-electron chi connectivity index (χ3n) is 2.65. The van der Waals surface area contributed by atoms with E-state index in [0.29, 0.717) is 24.8 Å². The smallest absolute Gasteiger partial charge is 0.219 e. The molecule has 19 heavy (non-hydrogen) atoms. The monoisotopic (exact) mass is 261 g/mol. The highest BCUT2D eigenvalue weighted by Crippen LogP contribution is 2.09. The molecule has 0 bridgehead atoms. The number of hydrogen-bond acceptors (Lipinski definition) is 5. The van der Waals surface area contributed by atoms with Gasteiger partial charge in [-0.1, -0.05) is 18.2 Å². The first-order valence-electron chi connectivity index (χ1n) is 6.52. The maximum atomic E-state index is 5.58. The molecule has 2 aromatic rings. The molecule has 5 nitrogen and oxygen atoms in total. The predicted molar refractivity (Wildman–Crippen MR) is 72.2 cm³/mol. The molecule has 0 fully saturated rings. The number of nitrogens with zero attached hydrogens (tertiary/aromatic N) is 2. The Morgan fingerprint density at radius 1 is 1.11 bits per heavy atom. The summed E-state index contributed by atoms with van der Waals surface area (Å²) in [6.45, 7) is 1.50. The Kier molecular flexibility index (Phi) is 5.37. The average Bonchev–Trinajstić information content (AvgIpc) is 2.88. The second kappa shape index (κ2) is 7.53. The first-order chi connectivity index (χ1) is 9.38. The minimum Gasteiger partial charge on any atom is -0.493 e.